The van der Waals surface area contributed by atoms with Crippen LogP contribution in [0.3, 0.4) is 0 Å². The second-order valence-corrected chi connectivity index (χ2v) is 7.41. The van der Waals surface area contributed by atoms with Gasteiger partial charge >= 0.3 is 6.18 Å². The zero-order chi connectivity index (χ0) is 22.1. The van der Waals surface area contributed by atoms with Crippen LogP contribution in [0.25, 0.3) is 0 Å². The smallest absolute Gasteiger partial charge is 0.351 e. The highest BCUT2D eigenvalue weighted by Gasteiger charge is 2.30. The molecule has 1 aromatic heterocycles. The summed E-state index contributed by atoms with van der Waals surface area (Å²) in [5, 5.41) is 3.12. The van der Waals surface area contributed by atoms with Crippen LogP contribution < -0.4 is 10.2 Å². The first kappa shape index (κ1) is 23.8. The van der Waals surface area contributed by atoms with Gasteiger partial charge in [0.15, 0.2) is 5.16 Å². The number of thioether (sulfide) groups is 1. The number of amides is 1. The zero-order valence-electron chi connectivity index (χ0n) is 16.0. The van der Waals surface area contributed by atoms with E-state index < -0.39 is 11.7 Å². The number of rotatable bonds is 10. The number of nitrogens with one attached hydrogen (secondary N) is 1. The Balaban J connectivity index is 1.96. The summed E-state index contributed by atoms with van der Waals surface area (Å²) in [7, 11) is 0. The molecule has 0 atom stereocenters. The summed E-state index contributed by atoms with van der Waals surface area (Å²) < 4.78 is 38.3. The highest BCUT2D eigenvalue weighted by molar-refractivity contribution is 7.99. The summed E-state index contributed by atoms with van der Waals surface area (Å²) in [6.07, 6.45) is -0.996. The van der Waals surface area contributed by atoms with Crippen LogP contribution in [0, 0.1) is 0 Å². The molecule has 1 aromatic carbocycles. The van der Waals surface area contributed by atoms with Crippen molar-refractivity contribution >= 4 is 35.1 Å². The molecule has 0 aliphatic rings. The van der Waals surface area contributed by atoms with Gasteiger partial charge in [-0.1, -0.05) is 47.6 Å². The lowest BCUT2D eigenvalue weighted by Crippen LogP contribution is -2.25. The molecular weight excluding hydrogens is 437 g/mol. The van der Waals surface area contributed by atoms with E-state index in [9.17, 15) is 18.0 Å². The molecule has 1 heterocycles. The monoisotopic (exact) mass is 456 g/mol. The van der Waals surface area contributed by atoms with Gasteiger partial charge in [0, 0.05) is 25.7 Å². The van der Waals surface area contributed by atoms with E-state index in [0.717, 1.165) is 23.9 Å². The molecule has 0 aliphatic heterocycles. The first-order valence-corrected chi connectivity index (χ1v) is 10.2. The molecule has 0 unspecified atom stereocenters. The van der Waals surface area contributed by atoms with Gasteiger partial charge in [0.25, 0.3) is 0 Å². The van der Waals surface area contributed by atoms with Crippen LogP contribution >= 0.6 is 23.4 Å². The number of halogens is 4. The Morgan fingerprint density at radius 3 is 2.53 bits per heavy atom. The Bertz CT molecular complexity index is 898. The minimum atomic E-state index is -4.43. The third-order valence-electron chi connectivity index (χ3n) is 3.76. The van der Waals surface area contributed by atoms with Gasteiger partial charge < -0.3 is 10.2 Å². The first-order valence-electron chi connectivity index (χ1n) is 8.80. The van der Waals surface area contributed by atoms with Gasteiger partial charge in [-0.25, -0.2) is 9.97 Å². The molecule has 0 aliphatic carbocycles. The molecule has 2 aromatic rings. The molecular formula is C20H20ClF3N4OS. The highest BCUT2D eigenvalue weighted by atomic mass is 35.5. The van der Waals surface area contributed by atoms with Crippen LogP contribution in [0.5, 0.6) is 0 Å². The minimum absolute atomic E-state index is 0.0122. The number of anilines is 1. The zero-order valence-corrected chi connectivity index (χ0v) is 17.5. The SMILES string of the molecule is C=CCN(CC=C)c1cc(Cl)nc(SCC(=O)NCc2cccc(C(F)(F)F)c2)n1. The minimum Gasteiger partial charge on any atom is -0.351 e. The lowest BCUT2D eigenvalue weighted by atomic mass is 10.1. The number of hydrogen-bond donors (Lipinski definition) is 1. The number of alkyl halides is 3. The molecule has 5 nitrogen and oxygen atoms in total. The Hall–Kier alpha value is -2.52. The van der Waals surface area contributed by atoms with Crippen molar-refractivity contribution in [2.45, 2.75) is 17.9 Å². The van der Waals surface area contributed by atoms with Gasteiger partial charge in [-0.2, -0.15) is 13.2 Å². The van der Waals surface area contributed by atoms with Crippen LogP contribution in [0.15, 0.2) is 60.8 Å². The van der Waals surface area contributed by atoms with E-state index in [1.807, 2.05) is 4.90 Å². The van der Waals surface area contributed by atoms with Gasteiger partial charge in [-0.15, -0.1) is 13.2 Å². The summed E-state index contributed by atoms with van der Waals surface area (Å²) in [6, 6.07) is 6.42. The van der Waals surface area contributed by atoms with Gasteiger partial charge in [0.05, 0.1) is 11.3 Å². The maximum absolute atomic E-state index is 12.8. The van der Waals surface area contributed by atoms with E-state index in [4.69, 9.17) is 11.6 Å². The van der Waals surface area contributed by atoms with Crippen molar-refractivity contribution in [1.29, 1.82) is 0 Å². The molecule has 1 amide bonds. The Labute approximate surface area is 182 Å². The summed E-state index contributed by atoms with van der Waals surface area (Å²) in [5.41, 5.74) is -0.402. The normalized spacial score (nSPS) is 11.1. The number of aromatic nitrogens is 2. The molecule has 2 rings (SSSR count). The lowest BCUT2D eigenvalue weighted by molar-refractivity contribution is -0.137. The number of benzene rings is 1. The number of nitrogens with zero attached hydrogens (tertiary/aromatic N) is 3. The predicted octanol–water partition coefficient (Wildman–Crippen LogP) is 4.74. The van der Waals surface area contributed by atoms with Crippen LogP contribution in [0.4, 0.5) is 19.0 Å². The fourth-order valence-corrected chi connectivity index (χ4v) is 3.34. The lowest BCUT2D eigenvalue weighted by Gasteiger charge is -2.20. The van der Waals surface area contributed by atoms with Gasteiger partial charge in [0.2, 0.25) is 5.91 Å². The fraction of sp³-hybridized carbons (Fsp3) is 0.250. The van der Waals surface area contributed by atoms with Crippen molar-refractivity contribution in [3.63, 3.8) is 0 Å². The molecule has 0 spiro atoms. The van der Waals surface area contributed by atoms with Crippen molar-refractivity contribution in [3.05, 3.63) is 71.9 Å². The summed E-state index contributed by atoms with van der Waals surface area (Å²) in [5.74, 6) is 0.194. The summed E-state index contributed by atoms with van der Waals surface area (Å²) in [6.45, 7) is 8.45. The fourth-order valence-electron chi connectivity index (χ4n) is 2.42. The maximum Gasteiger partial charge on any atom is 0.416 e. The van der Waals surface area contributed by atoms with Crippen LogP contribution in [-0.4, -0.2) is 34.7 Å². The van der Waals surface area contributed by atoms with Crippen molar-refractivity contribution in [1.82, 2.24) is 15.3 Å². The van der Waals surface area contributed by atoms with Gasteiger partial charge in [-0.3, -0.25) is 4.79 Å². The van der Waals surface area contributed by atoms with Crippen molar-refractivity contribution in [2.75, 3.05) is 23.7 Å². The number of carbonyl (C=O) groups is 1. The molecule has 1 N–H and O–H groups in total. The van der Waals surface area contributed by atoms with Crippen LogP contribution in [0.2, 0.25) is 5.15 Å². The van der Waals surface area contributed by atoms with Crippen molar-refractivity contribution < 1.29 is 18.0 Å². The van der Waals surface area contributed by atoms with Crippen molar-refractivity contribution in [3.8, 4) is 0 Å². The second-order valence-electron chi connectivity index (χ2n) is 6.08. The molecule has 0 fully saturated rings. The Morgan fingerprint density at radius 1 is 1.20 bits per heavy atom. The number of carbonyl (C=O) groups excluding carboxylic acids is 1. The topological polar surface area (TPSA) is 58.1 Å². The first-order chi connectivity index (χ1) is 14.2. The average molecular weight is 457 g/mol. The third kappa shape index (κ3) is 7.38. The predicted molar refractivity (Wildman–Crippen MR) is 114 cm³/mol. The van der Waals surface area contributed by atoms with E-state index in [2.05, 4.69) is 28.4 Å². The van der Waals surface area contributed by atoms with E-state index in [1.54, 1.807) is 18.2 Å². The van der Waals surface area contributed by atoms with Gasteiger partial charge in [0.1, 0.15) is 11.0 Å². The van der Waals surface area contributed by atoms with E-state index >= 15 is 0 Å². The van der Waals surface area contributed by atoms with E-state index in [0.29, 0.717) is 29.6 Å². The van der Waals surface area contributed by atoms with E-state index in [-0.39, 0.29) is 23.4 Å². The molecule has 0 radical (unpaired) electrons. The Kier molecular flexibility index (Phi) is 8.73. The largest absolute Gasteiger partial charge is 0.416 e. The average Bonchev–Trinajstić information content (AvgIpc) is 2.70. The quantitative estimate of drug-likeness (QED) is 0.242. The van der Waals surface area contributed by atoms with Crippen LogP contribution in [0.1, 0.15) is 11.1 Å². The Morgan fingerprint density at radius 2 is 1.90 bits per heavy atom. The molecule has 0 bridgehead atoms. The van der Waals surface area contributed by atoms with E-state index in [1.165, 1.54) is 12.1 Å². The maximum atomic E-state index is 12.8. The highest BCUT2D eigenvalue weighted by Crippen LogP contribution is 2.29. The summed E-state index contributed by atoms with van der Waals surface area (Å²) >= 11 is 7.14. The van der Waals surface area contributed by atoms with Crippen molar-refractivity contribution in [2.24, 2.45) is 0 Å². The molecule has 10 heteroatoms. The number of hydrogen-bond acceptors (Lipinski definition) is 5. The second kappa shape index (κ2) is 11.0. The molecule has 0 saturated heterocycles. The molecule has 0 saturated carbocycles. The molecule has 30 heavy (non-hydrogen) atoms. The summed E-state index contributed by atoms with van der Waals surface area (Å²) in [4.78, 5) is 22.5. The van der Waals surface area contributed by atoms with Gasteiger partial charge in [-0.05, 0) is 17.7 Å². The van der Waals surface area contributed by atoms with Crippen LogP contribution in [-0.2, 0) is 17.5 Å². The molecule has 160 valence electrons. The third-order valence-corrected chi connectivity index (χ3v) is 4.80. The standard InChI is InChI=1S/C20H20ClF3N4OS/c1-3-8-28(9-4-2)17-11-16(21)26-19(27-17)30-13-18(29)25-12-14-6-5-7-15(10-14)20(22,23)24/h3-7,10-11H,1-2,8-9,12-13H2,(H,25,29).